The van der Waals surface area contributed by atoms with Crippen LogP contribution >= 0.6 is 28.3 Å². The number of hydrogen-bond acceptors (Lipinski definition) is 3. The monoisotopic (exact) mass is 362 g/mol. The minimum absolute atomic E-state index is 0. The van der Waals surface area contributed by atoms with Crippen molar-refractivity contribution in [2.24, 2.45) is 11.7 Å². The Morgan fingerprint density at radius 3 is 2.90 bits per heavy atom. The third-order valence-electron chi connectivity index (χ3n) is 3.47. The largest absolute Gasteiger partial charge is 0.484 e. The lowest BCUT2D eigenvalue weighted by molar-refractivity contribution is -0.134. The van der Waals surface area contributed by atoms with Gasteiger partial charge in [0.15, 0.2) is 6.61 Å². The first-order valence-corrected chi connectivity index (χ1v) is 7.27. The highest BCUT2D eigenvalue weighted by molar-refractivity contribution is 9.10. The van der Waals surface area contributed by atoms with Gasteiger partial charge in [-0.1, -0.05) is 22.0 Å². The number of carbonyl (C=O) groups is 1. The van der Waals surface area contributed by atoms with Gasteiger partial charge in [-0.2, -0.15) is 0 Å². The van der Waals surface area contributed by atoms with Gasteiger partial charge in [0, 0.05) is 17.1 Å². The highest BCUT2D eigenvalue weighted by Gasteiger charge is 2.31. The van der Waals surface area contributed by atoms with Crippen molar-refractivity contribution in [1.82, 2.24) is 4.90 Å². The zero-order valence-corrected chi connectivity index (χ0v) is 13.8. The summed E-state index contributed by atoms with van der Waals surface area (Å²) in [5.41, 5.74) is 5.67. The van der Waals surface area contributed by atoms with Gasteiger partial charge in [-0.15, -0.1) is 12.4 Å². The van der Waals surface area contributed by atoms with E-state index in [0.29, 0.717) is 18.2 Å². The number of amides is 1. The van der Waals surface area contributed by atoms with Crippen LogP contribution in [0.3, 0.4) is 0 Å². The van der Waals surface area contributed by atoms with E-state index in [9.17, 15) is 4.79 Å². The third kappa shape index (κ3) is 4.36. The van der Waals surface area contributed by atoms with Crippen molar-refractivity contribution >= 4 is 34.2 Å². The van der Waals surface area contributed by atoms with Gasteiger partial charge in [0.05, 0.1) is 0 Å². The Kier molecular flexibility index (Phi) is 6.79. The second kappa shape index (κ2) is 7.86. The summed E-state index contributed by atoms with van der Waals surface area (Å²) in [7, 11) is 0. The van der Waals surface area contributed by atoms with Crippen molar-refractivity contribution in [3.05, 3.63) is 28.7 Å². The summed E-state index contributed by atoms with van der Waals surface area (Å²) in [4.78, 5) is 14.0. The molecule has 0 aliphatic carbocycles. The number of rotatable bonds is 4. The SMILES string of the molecule is CC1CC(CN)CN1C(=O)COc1cccc(Br)c1.Cl. The average molecular weight is 364 g/mol. The summed E-state index contributed by atoms with van der Waals surface area (Å²) >= 11 is 3.37. The van der Waals surface area contributed by atoms with Gasteiger partial charge in [0.1, 0.15) is 5.75 Å². The molecule has 2 N–H and O–H groups in total. The van der Waals surface area contributed by atoms with E-state index in [4.69, 9.17) is 10.5 Å². The fourth-order valence-electron chi connectivity index (χ4n) is 2.45. The molecule has 2 unspecified atom stereocenters. The van der Waals surface area contributed by atoms with Crippen LogP contribution in [0.25, 0.3) is 0 Å². The number of benzene rings is 1. The molecule has 2 atom stereocenters. The van der Waals surface area contributed by atoms with Crippen LogP contribution in [0.4, 0.5) is 0 Å². The van der Waals surface area contributed by atoms with Gasteiger partial charge in [-0.3, -0.25) is 4.79 Å². The van der Waals surface area contributed by atoms with Gasteiger partial charge in [-0.05, 0) is 44.0 Å². The molecule has 1 aliphatic heterocycles. The maximum Gasteiger partial charge on any atom is 0.260 e. The summed E-state index contributed by atoms with van der Waals surface area (Å²) in [5.74, 6) is 1.15. The van der Waals surface area contributed by atoms with Gasteiger partial charge in [0.25, 0.3) is 5.91 Å². The fraction of sp³-hybridized carbons (Fsp3) is 0.500. The first-order valence-electron chi connectivity index (χ1n) is 6.48. The molecule has 1 heterocycles. The van der Waals surface area contributed by atoms with Crippen molar-refractivity contribution in [3.63, 3.8) is 0 Å². The smallest absolute Gasteiger partial charge is 0.260 e. The van der Waals surface area contributed by atoms with Crippen molar-refractivity contribution in [3.8, 4) is 5.75 Å². The van der Waals surface area contributed by atoms with Crippen LogP contribution in [-0.2, 0) is 4.79 Å². The second-order valence-corrected chi connectivity index (χ2v) is 5.89. The Balaban J connectivity index is 0.00000200. The van der Waals surface area contributed by atoms with Crippen LogP contribution in [0.5, 0.6) is 5.75 Å². The van der Waals surface area contributed by atoms with Crippen molar-refractivity contribution in [1.29, 1.82) is 0 Å². The van der Waals surface area contributed by atoms with E-state index in [-0.39, 0.29) is 31.0 Å². The highest BCUT2D eigenvalue weighted by atomic mass is 79.9. The van der Waals surface area contributed by atoms with E-state index >= 15 is 0 Å². The molecule has 0 aromatic heterocycles. The molecular formula is C14H20BrClN2O2. The molecule has 0 saturated carbocycles. The second-order valence-electron chi connectivity index (χ2n) is 4.98. The molecule has 1 aliphatic rings. The summed E-state index contributed by atoms with van der Waals surface area (Å²) in [6, 6.07) is 7.75. The quantitative estimate of drug-likeness (QED) is 0.894. The average Bonchev–Trinajstić information content (AvgIpc) is 2.77. The minimum Gasteiger partial charge on any atom is -0.484 e. The minimum atomic E-state index is 0. The zero-order valence-electron chi connectivity index (χ0n) is 11.4. The lowest BCUT2D eigenvalue weighted by atomic mass is 10.1. The van der Waals surface area contributed by atoms with Crippen LogP contribution < -0.4 is 10.5 Å². The number of ether oxygens (including phenoxy) is 1. The molecule has 4 nitrogen and oxygen atoms in total. The van der Waals surface area contributed by atoms with Crippen LogP contribution in [0.1, 0.15) is 13.3 Å². The predicted molar refractivity (Wildman–Crippen MR) is 85.2 cm³/mol. The van der Waals surface area contributed by atoms with Crippen molar-refractivity contribution in [2.45, 2.75) is 19.4 Å². The van der Waals surface area contributed by atoms with Crippen LogP contribution in [-0.4, -0.2) is 36.5 Å². The third-order valence-corrected chi connectivity index (χ3v) is 3.97. The maximum atomic E-state index is 12.1. The standard InChI is InChI=1S/C14H19BrN2O2.ClH/c1-10-5-11(7-16)8-17(10)14(18)9-19-13-4-2-3-12(15)6-13;/h2-4,6,10-11H,5,7-9,16H2,1H3;1H. The number of hydrogen-bond donors (Lipinski definition) is 1. The Bertz CT molecular complexity index is 459. The van der Waals surface area contributed by atoms with Gasteiger partial charge >= 0.3 is 0 Å². The molecule has 1 aromatic rings. The Hall–Kier alpha value is -0.780. The van der Waals surface area contributed by atoms with E-state index in [1.54, 1.807) is 0 Å². The Morgan fingerprint density at radius 2 is 2.30 bits per heavy atom. The molecule has 0 radical (unpaired) electrons. The topological polar surface area (TPSA) is 55.6 Å². The lowest BCUT2D eigenvalue weighted by Gasteiger charge is -2.21. The molecule has 20 heavy (non-hydrogen) atoms. The summed E-state index contributed by atoms with van der Waals surface area (Å²) in [6.45, 7) is 3.53. The molecule has 112 valence electrons. The Morgan fingerprint density at radius 1 is 1.55 bits per heavy atom. The van der Waals surface area contributed by atoms with Crippen LogP contribution in [0, 0.1) is 5.92 Å². The Labute approximate surface area is 134 Å². The molecule has 6 heteroatoms. The predicted octanol–water partition coefficient (Wildman–Crippen LogP) is 2.45. The molecule has 2 rings (SSSR count). The fourth-order valence-corrected chi connectivity index (χ4v) is 2.82. The number of nitrogens with zero attached hydrogens (tertiary/aromatic N) is 1. The molecule has 1 aromatic carbocycles. The van der Waals surface area contributed by atoms with Crippen LogP contribution in [0.2, 0.25) is 0 Å². The van der Waals surface area contributed by atoms with Crippen molar-refractivity contribution in [2.75, 3.05) is 19.7 Å². The molecule has 0 spiro atoms. The highest BCUT2D eigenvalue weighted by Crippen LogP contribution is 2.23. The first kappa shape index (κ1) is 17.3. The van der Waals surface area contributed by atoms with E-state index in [1.165, 1.54) is 0 Å². The normalized spacial score (nSPS) is 21.4. The van der Waals surface area contributed by atoms with Gasteiger partial charge in [0.2, 0.25) is 0 Å². The van der Waals surface area contributed by atoms with Crippen LogP contribution in [0.15, 0.2) is 28.7 Å². The molecule has 1 fully saturated rings. The number of likely N-dealkylation sites (tertiary alicyclic amines) is 1. The van der Waals surface area contributed by atoms with E-state index in [2.05, 4.69) is 22.9 Å². The zero-order chi connectivity index (χ0) is 13.8. The number of halogens is 2. The van der Waals surface area contributed by atoms with Gasteiger partial charge in [-0.25, -0.2) is 0 Å². The molecule has 1 amide bonds. The number of carbonyl (C=O) groups excluding carboxylic acids is 1. The van der Waals surface area contributed by atoms with E-state index < -0.39 is 0 Å². The summed E-state index contributed by atoms with van der Waals surface area (Å²) in [5, 5.41) is 0. The van der Waals surface area contributed by atoms with Gasteiger partial charge < -0.3 is 15.4 Å². The summed E-state index contributed by atoms with van der Waals surface area (Å²) < 4.78 is 6.47. The first-order chi connectivity index (χ1) is 9.10. The molecule has 1 saturated heterocycles. The van der Waals surface area contributed by atoms with Crippen molar-refractivity contribution < 1.29 is 9.53 Å². The lowest BCUT2D eigenvalue weighted by Crippen LogP contribution is -2.37. The number of nitrogens with two attached hydrogens (primary N) is 1. The van der Waals surface area contributed by atoms with E-state index in [1.807, 2.05) is 29.2 Å². The van der Waals surface area contributed by atoms with E-state index in [0.717, 1.165) is 17.4 Å². The maximum absolute atomic E-state index is 12.1. The molecular weight excluding hydrogens is 344 g/mol. The summed E-state index contributed by atoms with van der Waals surface area (Å²) in [6.07, 6.45) is 0.985. The molecule has 0 bridgehead atoms.